The average Bonchev–Trinajstić information content (AvgIpc) is 2.46. The van der Waals surface area contributed by atoms with Gasteiger partial charge in [-0.15, -0.1) is 0 Å². The number of nitrogens with one attached hydrogen (secondary N) is 1. The largest absolute Gasteiger partial charge is 0.486 e. The minimum absolute atomic E-state index is 0.618. The van der Waals surface area contributed by atoms with Crippen LogP contribution < -0.4 is 14.8 Å². The van der Waals surface area contributed by atoms with Crippen molar-refractivity contribution in [2.45, 2.75) is 6.54 Å². The van der Waals surface area contributed by atoms with Crippen molar-refractivity contribution in [3.8, 4) is 11.5 Å². The zero-order valence-corrected chi connectivity index (χ0v) is 9.93. The van der Waals surface area contributed by atoms with Crippen molar-refractivity contribution in [2.75, 3.05) is 18.5 Å². The lowest BCUT2D eigenvalue weighted by molar-refractivity contribution is 0.171. The van der Waals surface area contributed by atoms with E-state index in [9.17, 15) is 0 Å². The van der Waals surface area contributed by atoms with Crippen LogP contribution in [0.5, 0.6) is 11.5 Å². The molecule has 1 aliphatic heterocycles. The number of nitrogens with zero attached hydrogens (tertiary/aromatic N) is 1. The van der Waals surface area contributed by atoms with Crippen LogP contribution in [0.25, 0.3) is 0 Å². The highest BCUT2D eigenvalue weighted by molar-refractivity contribution is 5.46. The van der Waals surface area contributed by atoms with Gasteiger partial charge in [0.15, 0.2) is 11.5 Å². The highest BCUT2D eigenvalue weighted by Gasteiger charge is 2.11. The molecule has 0 unspecified atom stereocenters. The summed E-state index contributed by atoms with van der Waals surface area (Å²) >= 11 is 0. The van der Waals surface area contributed by atoms with E-state index in [0.717, 1.165) is 29.3 Å². The second-order valence-corrected chi connectivity index (χ2v) is 4.07. The van der Waals surface area contributed by atoms with E-state index in [1.807, 2.05) is 30.3 Å². The van der Waals surface area contributed by atoms with E-state index >= 15 is 0 Å². The quantitative estimate of drug-likeness (QED) is 0.898. The van der Waals surface area contributed by atoms with Crippen LogP contribution in [0.15, 0.2) is 42.7 Å². The average molecular weight is 242 g/mol. The van der Waals surface area contributed by atoms with Crippen LogP contribution in [0.3, 0.4) is 0 Å². The molecule has 0 bridgehead atoms. The number of fused-ring (bicyclic) bond motifs is 1. The predicted molar refractivity (Wildman–Crippen MR) is 69.0 cm³/mol. The maximum absolute atomic E-state index is 5.55. The van der Waals surface area contributed by atoms with E-state index in [-0.39, 0.29) is 0 Å². The number of ether oxygens (including phenoxy) is 2. The maximum atomic E-state index is 5.55. The SMILES string of the molecule is c1cncc(NCc2ccc3c(c2)OCCO3)c1. The van der Waals surface area contributed by atoms with Crippen LogP contribution >= 0.6 is 0 Å². The molecular weight excluding hydrogens is 228 g/mol. The van der Waals surface area contributed by atoms with Gasteiger partial charge in [-0.25, -0.2) is 0 Å². The van der Waals surface area contributed by atoms with Gasteiger partial charge in [-0.2, -0.15) is 0 Å². The summed E-state index contributed by atoms with van der Waals surface area (Å²) in [5, 5.41) is 3.31. The number of aromatic nitrogens is 1. The summed E-state index contributed by atoms with van der Waals surface area (Å²) < 4.78 is 11.0. The Bertz CT molecular complexity index is 529. The normalized spacial score (nSPS) is 13.1. The second-order valence-electron chi connectivity index (χ2n) is 4.07. The Morgan fingerprint density at radius 2 is 2.00 bits per heavy atom. The summed E-state index contributed by atoms with van der Waals surface area (Å²) in [5.41, 5.74) is 2.16. The Morgan fingerprint density at radius 1 is 1.11 bits per heavy atom. The van der Waals surface area contributed by atoms with Crippen LogP contribution in [-0.4, -0.2) is 18.2 Å². The van der Waals surface area contributed by atoms with Gasteiger partial charge in [0.1, 0.15) is 13.2 Å². The van der Waals surface area contributed by atoms with Crippen LogP contribution in [0.4, 0.5) is 5.69 Å². The standard InChI is InChI=1S/C14H14N2O2/c1-2-12(10-15-5-1)16-9-11-3-4-13-14(8-11)18-7-6-17-13/h1-5,8,10,16H,6-7,9H2. The van der Waals surface area contributed by atoms with Gasteiger partial charge >= 0.3 is 0 Å². The van der Waals surface area contributed by atoms with Crippen molar-refractivity contribution >= 4 is 5.69 Å². The highest BCUT2D eigenvalue weighted by atomic mass is 16.6. The number of hydrogen-bond donors (Lipinski definition) is 1. The molecule has 0 spiro atoms. The number of rotatable bonds is 3. The smallest absolute Gasteiger partial charge is 0.161 e. The molecule has 1 N–H and O–H groups in total. The van der Waals surface area contributed by atoms with E-state index in [4.69, 9.17) is 9.47 Å². The number of hydrogen-bond acceptors (Lipinski definition) is 4. The van der Waals surface area contributed by atoms with E-state index in [1.165, 1.54) is 0 Å². The van der Waals surface area contributed by atoms with Gasteiger partial charge in [0.2, 0.25) is 0 Å². The topological polar surface area (TPSA) is 43.4 Å². The molecular formula is C14H14N2O2. The molecule has 1 aliphatic rings. The first-order valence-corrected chi connectivity index (χ1v) is 5.94. The van der Waals surface area contributed by atoms with Crippen molar-refractivity contribution in [3.63, 3.8) is 0 Å². The van der Waals surface area contributed by atoms with Gasteiger partial charge in [0, 0.05) is 18.9 Å². The molecule has 2 aromatic rings. The van der Waals surface area contributed by atoms with E-state index in [2.05, 4.69) is 10.3 Å². The van der Waals surface area contributed by atoms with Gasteiger partial charge in [0.25, 0.3) is 0 Å². The zero-order chi connectivity index (χ0) is 12.2. The van der Waals surface area contributed by atoms with Crippen LogP contribution in [0, 0.1) is 0 Å². The van der Waals surface area contributed by atoms with Gasteiger partial charge in [-0.05, 0) is 29.8 Å². The molecule has 0 radical (unpaired) electrons. The molecule has 92 valence electrons. The third kappa shape index (κ3) is 2.37. The van der Waals surface area contributed by atoms with E-state index in [1.54, 1.807) is 12.4 Å². The molecule has 0 saturated carbocycles. The van der Waals surface area contributed by atoms with Gasteiger partial charge in [-0.3, -0.25) is 4.98 Å². The summed E-state index contributed by atoms with van der Waals surface area (Å²) in [6, 6.07) is 9.90. The van der Waals surface area contributed by atoms with Crippen molar-refractivity contribution in [1.82, 2.24) is 4.98 Å². The third-order valence-corrected chi connectivity index (χ3v) is 2.76. The summed E-state index contributed by atoms with van der Waals surface area (Å²) in [5.74, 6) is 1.65. The summed E-state index contributed by atoms with van der Waals surface area (Å²) in [6.45, 7) is 1.98. The molecule has 1 aromatic heterocycles. The molecule has 18 heavy (non-hydrogen) atoms. The van der Waals surface area contributed by atoms with Crippen molar-refractivity contribution in [3.05, 3.63) is 48.3 Å². The van der Waals surface area contributed by atoms with Crippen molar-refractivity contribution in [2.24, 2.45) is 0 Å². The Kier molecular flexibility index (Phi) is 3.00. The molecule has 0 amide bonds. The molecule has 0 fully saturated rings. The minimum Gasteiger partial charge on any atom is -0.486 e. The Balaban J connectivity index is 1.70. The fraction of sp³-hybridized carbons (Fsp3) is 0.214. The molecule has 1 aromatic carbocycles. The number of pyridine rings is 1. The Labute approximate surface area is 106 Å². The number of benzene rings is 1. The monoisotopic (exact) mass is 242 g/mol. The van der Waals surface area contributed by atoms with Crippen molar-refractivity contribution < 1.29 is 9.47 Å². The Morgan fingerprint density at radius 3 is 2.83 bits per heavy atom. The summed E-state index contributed by atoms with van der Waals surface area (Å²) in [7, 11) is 0. The molecule has 4 nitrogen and oxygen atoms in total. The lowest BCUT2D eigenvalue weighted by atomic mass is 10.2. The lowest BCUT2D eigenvalue weighted by Gasteiger charge is -2.19. The number of anilines is 1. The lowest BCUT2D eigenvalue weighted by Crippen LogP contribution is -2.15. The van der Waals surface area contributed by atoms with Gasteiger partial charge in [0.05, 0.1) is 5.69 Å². The van der Waals surface area contributed by atoms with Crippen LogP contribution in [0.2, 0.25) is 0 Å². The van der Waals surface area contributed by atoms with Crippen molar-refractivity contribution in [1.29, 1.82) is 0 Å². The minimum atomic E-state index is 0.618. The van der Waals surface area contributed by atoms with Gasteiger partial charge in [-0.1, -0.05) is 6.07 Å². The molecule has 3 rings (SSSR count). The third-order valence-electron chi connectivity index (χ3n) is 2.76. The fourth-order valence-electron chi connectivity index (χ4n) is 1.87. The molecule has 2 heterocycles. The highest BCUT2D eigenvalue weighted by Crippen LogP contribution is 2.30. The predicted octanol–water partition coefficient (Wildman–Crippen LogP) is 2.46. The zero-order valence-electron chi connectivity index (χ0n) is 9.93. The van der Waals surface area contributed by atoms with Gasteiger partial charge < -0.3 is 14.8 Å². The summed E-state index contributed by atoms with van der Waals surface area (Å²) in [4.78, 5) is 4.06. The molecule has 0 aliphatic carbocycles. The van der Waals surface area contributed by atoms with E-state index < -0.39 is 0 Å². The molecule has 0 saturated heterocycles. The first-order valence-electron chi connectivity index (χ1n) is 5.94. The van der Waals surface area contributed by atoms with E-state index in [0.29, 0.717) is 13.2 Å². The fourth-order valence-corrected chi connectivity index (χ4v) is 1.87. The first kappa shape index (κ1) is 10.9. The Hall–Kier alpha value is -2.23. The molecule has 4 heteroatoms. The van der Waals surface area contributed by atoms with Crippen LogP contribution in [-0.2, 0) is 6.54 Å². The first-order chi connectivity index (χ1) is 8.92. The van der Waals surface area contributed by atoms with Crippen LogP contribution in [0.1, 0.15) is 5.56 Å². The second kappa shape index (κ2) is 4.96. The maximum Gasteiger partial charge on any atom is 0.161 e. The summed E-state index contributed by atoms with van der Waals surface area (Å²) in [6.07, 6.45) is 3.56. The molecule has 0 atom stereocenters.